The number of aromatic nitrogens is 2. The predicted molar refractivity (Wildman–Crippen MR) is 105 cm³/mol. The largest absolute Gasteiger partial charge is 0.366 e. The molecule has 0 radical (unpaired) electrons. The van der Waals surface area contributed by atoms with E-state index in [1.165, 1.54) is 5.56 Å². The van der Waals surface area contributed by atoms with Gasteiger partial charge in [0, 0.05) is 23.9 Å². The second-order valence-electron chi connectivity index (χ2n) is 5.67. The van der Waals surface area contributed by atoms with Crippen molar-refractivity contribution in [2.75, 3.05) is 17.2 Å². The molecule has 0 unspecified atom stereocenters. The third-order valence-corrected chi connectivity index (χ3v) is 3.84. The Morgan fingerprint density at radius 1 is 1.00 bits per heavy atom. The lowest BCUT2D eigenvalue weighted by Crippen LogP contribution is -2.05. The first kappa shape index (κ1) is 16.7. The summed E-state index contributed by atoms with van der Waals surface area (Å²) in [7, 11) is 0. The molecule has 3 aromatic rings. The van der Waals surface area contributed by atoms with Gasteiger partial charge >= 0.3 is 0 Å². The van der Waals surface area contributed by atoms with E-state index in [9.17, 15) is 0 Å². The molecule has 1 heterocycles. The summed E-state index contributed by atoms with van der Waals surface area (Å²) in [6, 6.07) is 20.4. The van der Waals surface area contributed by atoms with Gasteiger partial charge in [-0.25, -0.2) is 4.98 Å². The van der Waals surface area contributed by atoms with Crippen LogP contribution in [-0.4, -0.2) is 16.5 Å². The number of anilines is 3. The van der Waals surface area contributed by atoms with Crippen LogP contribution < -0.4 is 10.6 Å². The van der Waals surface area contributed by atoms with Gasteiger partial charge in [0.05, 0.1) is 5.69 Å². The van der Waals surface area contributed by atoms with E-state index in [0.717, 1.165) is 29.2 Å². The van der Waals surface area contributed by atoms with E-state index in [0.29, 0.717) is 12.5 Å². The minimum Gasteiger partial charge on any atom is -0.366 e. The first-order chi connectivity index (χ1) is 12.3. The highest BCUT2D eigenvalue weighted by atomic mass is 15.1. The number of aryl methyl sites for hydroxylation is 1. The normalized spacial score (nSPS) is 10.3. The second kappa shape index (κ2) is 8.11. The molecular formula is C21H22N4. The SMILES string of the molecule is C=CCNc1cc(-c2ccccc2)nc(Nc2ccc(CC)cc2)n1. The zero-order valence-electron chi connectivity index (χ0n) is 14.4. The Labute approximate surface area is 148 Å². The van der Waals surface area contributed by atoms with Gasteiger partial charge in [0.15, 0.2) is 0 Å². The van der Waals surface area contributed by atoms with Crippen LogP contribution in [-0.2, 0) is 6.42 Å². The van der Waals surface area contributed by atoms with Crippen molar-refractivity contribution in [1.82, 2.24) is 9.97 Å². The van der Waals surface area contributed by atoms with E-state index in [1.54, 1.807) is 6.08 Å². The summed E-state index contributed by atoms with van der Waals surface area (Å²) in [6.07, 6.45) is 2.83. The van der Waals surface area contributed by atoms with Crippen molar-refractivity contribution in [1.29, 1.82) is 0 Å². The van der Waals surface area contributed by atoms with Crippen molar-refractivity contribution in [3.05, 3.63) is 78.9 Å². The maximum atomic E-state index is 4.66. The van der Waals surface area contributed by atoms with Crippen molar-refractivity contribution >= 4 is 17.5 Å². The Hall–Kier alpha value is -3.14. The molecule has 4 heteroatoms. The molecule has 25 heavy (non-hydrogen) atoms. The fourth-order valence-corrected chi connectivity index (χ4v) is 2.48. The second-order valence-corrected chi connectivity index (χ2v) is 5.67. The lowest BCUT2D eigenvalue weighted by molar-refractivity contribution is 1.13. The minimum atomic E-state index is 0.567. The average molecular weight is 330 g/mol. The maximum absolute atomic E-state index is 4.66. The molecular weight excluding hydrogens is 308 g/mol. The molecule has 0 aliphatic heterocycles. The number of hydrogen-bond acceptors (Lipinski definition) is 4. The summed E-state index contributed by atoms with van der Waals surface area (Å²) in [5, 5.41) is 6.53. The van der Waals surface area contributed by atoms with Gasteiger partial charge in [0.2, 0.25) is 5.95 Å². The highest BCUT2D eigenvalue weighted by molar-refractivity contribution is 5.66. The smallest absolute Gasteiger partial charge is 0.229 e. The Balaban J connectivity index is 1.92. The summed E-state index contributed by atoms with van der Waals surface area (Å²) in [5.74, 6) is 1.33. The van der Waals surface area contributed by atoms with Gasteiger partial charge in [0.1, 0.15) is 5.82 Å². The molecule has 0 spiro atoms. The van der Waals surface area contributed by atoms with Crippen LogP contribution in [0.25, 0.3) is 11.3 Å². The van der Waals surface area contributed by atoms with E-state index < -0.39 is 0 Å². The van der Waals surface area contributed by atoms with E-state index in [-0.39, 0.29) is 0 Å². The molecule has 0 fully saturated rings. The van der Waals surface area contributed by atoms with Crippen LogP contribution in [0.5, 0.6) is 0 Å². The first-order valence-corrected chi connectivity index (χ1v) is 8.43. The standard InChI is InChI=1S/C21H22N4/c1-3-14-22-20-15-19(17-8-6-5-7-9-17)24-21(25-20)23-18-12-10-16(4-2)11-13-18/h3,5-13,15H,1,4,14H2,2H3,(H2,22,23,24,25). The van der Waals surface area contributed by atoms with Crippen LogP contribution in [0.15, 0.2) is 73.3 Å². The van der Waals surface area contributed by atoms with Crippen LogP contribution in [0.4, 0.5) is 17.5 Å². The molecule has 0 atom stereocenters. The van der Waals surface area contributed by atoms with Crippen molar-refractivity contribution < 1.29 is 0 Å². The summed E-state index contributed by atoms with van der Waals surface area (Å²) in [5.41, 5.74) is 4.20. The molecule has 1 aromatic heterocycles. The Morgan fingerprint density at radius 3 is 2.44 bits per heavy atom. The van der Waals surface area contributed by atoms with E-state index >= 15 is 0 Å². The number of rotatable bonds is 7. The molecule has 0 saturated heterocycles. The van der Waals surface area contributed by atoms with E-state index in [4.69, 9.17) is 0 Å². The van der Waals surface area contributed by atoms with E-state index in [1.807, 2.05) is 48.5 Å². The zero-order chi connectivity index (χ0) is 17.5. The van der Waals surface area contributed by atoms with Gasteiger partial charge in [-0.1, -0.05) is 55.5 Å². The highest BCUT2D eigenvalue weighted by Crippen LogP contribution is 2.23. The van der Waals surface area contributed by atoms with Crippen molar-refractivity contribution in [2.45, 2.75) is 13.3 Å². The van der Waals surface area contributed by atoms with Crippen molar-refractivity contribution in [3.8, 4) is 11.3 Å². The van der Waals surface area contributed by atoms with Gasteiger partial charge in [-0.3, -0.25) is 0 Å². The summed E-state index contributed by atoms with van der Waals surface area (Å²) in [4.78, 5) is 9.21. The maximum Gasteiger partial charge on any atom is 0.229 e. The zero-order valence-corrected chi connectivity index (χ0v) is 14.4. The number of nitrogens with zero attached hydrogens (tertiary/aromatic N) is 2. The predicted octanol–water partition coefficient (Wildman–Crippen LogP) is 5.05. The van der Waals surface area contributed by atoms with Gasteiger partial charge in [-0.15, -0.1) is 6.58 Å². The fraction of sp³-hybridized carbons (Fsp3) is 0.143. The highest BCUT2D eigenvalue weighted by Gasteiger charge is 2.07. The van der Waals surface area contributed by atoms with Gasteiger partial charge in [0.25, 0.3) is 0 Å². The minimum absolute atomic E-state index is 0.567. The summed E-state index contributed by atoms with van der Waals surface area (Å²) >= 11 is 0. The van der Waals surface area contributed by atoms with Crippen LogP contribution in [0.3, 0.4) is 0 Å². The van der Waals surface area contributed by atoms with Crippen LogP contribution in [0.1, 0.15) is 12.5 Å². The first-order valence-electron chi connectivity index (χ1n) is 8.43. The fourth-order valence-electron chi connectivity index (χ4n) is 2.48. The number of nitrogens with one attached hydrogen (secondary N) is 2. The molecule has 0 bridgehead atoms. The van der Waals surface area contributed by atoms with Crippen molar-refractivity contribution in [2.24, 2.45) is 0 Å². The average Bonchev–Trinajstić information content (AvgIpc) is 2.67. The lowest BCUT2D eigenvalue weighted by atomic mass is 10.1. The molecule has 0 aliphatic rings. The molecule has 0 amide bonds. The van der Waals surface area contributed by atoms with Crippen LogP contribution >= 0.6 is 0 Å². The third kappa shape index (κ3) is 4.44. The third-order valence-electron chi connectivity index (χ3n) is 3.84. The van der Waals surface area contributed by atoms with Gasteiger partial charge in [-0.2, -0.15) is 4.98 Å². The summed E-state index contributed by atoms with van der Waals surface area (Å²) in [6.45, 7) is 6.54. The quantitative estimate of drug-likeness (QED) is 0.595. The number of benzene rings is 2. The Kier molecular flexibility index (Phi) is 5.42. The molecule has 0 saturated carbocycles. The Morgan fingerprint density at radius 2 is 1.76 bits per heavy atom. The molecule has 2 aromatic carbocycles. The monoisotopic (exact) mass is 330 g/mol. The van der Waals surface area contributed by atoms with Crippen molar-refractivity contribution in [3.63, 3.8) is 0 Å². The topological polar surface area (TPSA) is 49.8 Å². The Bertz CT molecular complexity index is 826. The molecule has 2 N–H and O–H groups in total. The molecule has 4 nitrogen and oxygen atoms in total. The van der Waals surface area contributed by atoms with E-state index in [2.05, 4.69) is 46.2 Å². The lowest BCUT2D eigenvalue weighted by Gasteiger charge is -2.11. The molecule has 126 valence electrons. The summed E-state index contributed by atoms with van der Waals surface area (Å²) < 4.78 is 0. The number of hydrogen-bond donors (Lipinski definition) is 2. The molecule has 0 aliphatic carbocycles. The van der Waals surface area contributed by atoms with Crippen LogP contribution in [0, 0.1) is 0 Å². The van der Waals surface area contributed by atoms with Gasteiger partial charge < -0.3 is 10.6 Å². The van der Waals surface area contributed by atoms with Gasteiger partial charge in [-0.05, 0) is 24.1 Å². The van der Waals surface area contributed by atoms with Crippen LogP contribution in [0.2, 0.25) is 0 Å². The molecule has 3 rings (SSSR count).